The predicted octanol–water partition coefficient (Wildman–Crippen LogP) is 2.64. The Bertz CT molecular complexity index is 601. The van der Waals surface area contributed by atoms with Gasteiger partial charge in [0.1, 0.15) is 12.6 Å². The van der Waals surface area contributed by atoms with Gasteiger partial charge in [-0.2, -0.15) is 0 Å². The van der Waals surface area contributed by atoms with E-state index in [4.69, 9.17) is 15.0 Å². The van der Waals surface area contributed by atoms with Gasteiger partial charge in [-0.05, 0) is 23.9 Å². The number of hydrogen-bond donors (Lipinski definition) is 0. The molecule has 1 fully saturated rings. The van der Waals surface area contributed by atoms with E-state index in [9.17, 15) is 9.59 Å². The molecule has 2 unspecified atom stereocenters. The van der Waals surface area contributed by atoms with Crippen LogP contribution in [0.15, 0.2) is 35.4 Å². The van der Waals surface area contributed by atoms with E-state index in [0.29, 0.717) is 6.42 Å². The lowest BCUT2D eigenvalue weighted by atomic mass is 9.98. The molecule has 2 atom stereocenters. The first kappa shape index (κ1) is 16.6. The molecule has 0 radical (unpaired) electrons. The average molecular weight is 318 g/mol. The van der Waals surface area contributed by atoms with Gasteiger partial charge in [-0.1, -0.05) is 35.4 Å². The number of azide groups is 1. The first-order valence-electron chi connectivity index (χ1n) is 7.25. The lowest BCUT2D eigenvalue weighted by molar-refractivity contribution is -0.147. The molecule has 1 aliphatic heterocycles. The van der Waals surface area contributed by atoms with Crippen molar-refractivity contribution in [1.82, 2.24) is 4.90 Å². The highest BCUT2D eigenvalue weighted by molar-refractivity contribution is 5.81. The zero-order valence-corrected chi connectivity index (χ0v) is 12.8. The smallest absolute Gasteiger partial charge is 0.410 e. The second-order valence-corrected chi connectivity index (χ2v) is 5.16. The minimum absolute atomic E-state index is 0.129. The summed E-state index contributed by atoms with van der Waals surface area (Å²) in [6, 6.07) is 8.14. The van der Waals surface area contributed by atoms with Crippen LogP contribution in [0.5, 0.6) is 0 Å². The number of piperidine rings is 1. The number of nitrogens with zero attached hydrogens (tertiary/aromatic N) is 4. The molecule has 1 heterocycles. The molecule has 0 N–H and O–H groups in total. The van der Waals surface area contributed by atoms with Crippen LogP contribution in [0, 0.1) is 0 Å². The average Bonchev–Trinajstić information content (AvgIpc) is 2.60. The molecule has 8 nitrogen and oxygen atoms in total. The third kappa shape index (κ3) is 4.37. The van der Waals surface area contributed by atoms with E-state index in [1.54, 1.807) is 0 Å². The van der Waals surface area contributed by atoms with E-state index in [-0.39, 0.29) is 25.6 Å². The van der Waals surface area contributed by atoms with Crippen molar-refractivity contribution in [2.24, 2.45) is 5.11 Å². The number of likely N-dealkylation sites (tertiary alicyclic amines) is 1. The molecule has 122 valence electrons. The number of carbonyl (C=O) groups excluding carboxylic acids is 2. The molecule has 1 aromatic carbocycles. The zero-order valence-electron chi connectivity index (χ0n) is 12.8. The van der Waals surface area contributed by atoms with Gasteiger partial charge in [-0.15, -0.1) is 0 Å². The molecular weight excluding hydrogens is 300 g/mol. The number of rotatable bonds is 4. The summed E-state index contributed by atoms with van der Waals surface area (Å²) >= 11 is 0. The van der Waals surface area contributed by atoms with Crippen LogP contribution in [0.25, 0.3) is 10.4 Å². The van der Waals surface area contributed by atoms with Gasteiger partial charge in [-0.25, -0.2) is 9.59 Å². The topological polar surface area (TPSA) is 105 Å². The van der Waals surface area contributed by atoms with E-state index in [2.05, 4.69) is 10.0 Å². The molecule has 23 heavy (non-hydrogen) atoms. The summed E-state index contributed by atoms with van der Waals surface area (Å²) in [7, 11) is 1.26. The molecule has 1 aromatic rings. The number of methoxy groups -OCH3 is 1. The summed E-state index contributed by atoms with van der Waals surface area (Å²) in [4.78, 5) is 28.3. The van der Waals surface area contributed by atoms with E-state index in [0.717, 1.165) is 5.56 Å². The van der Waals surface area contributed by atoms with Gasteiger partial charge in [-0.3, -0.25) is 4.90 Å². The number of hydrogen-bond acceptors (Lipinski definition) is 5. The van der Waals surface area contributed by atoms with Gasteiger partial charge >= 0.3 is 12.1 Å². The molecule has 0 aromatic heterocycles. The molecule has 2 rings (SSSR count). The number of ether oxygens (including phenoxy) is 2. The van der Waals surface area contributed by atoms with Crippen molar-refractivity contribution in [2.45, 2.75) is 31.5 Å². The quantitative estimate of drug-likeness (QED) is 0.368. The van der Waals surface area contributed by atoms with Crippen molar-refractivity contribution in [1.29, 1.82) is 0 Å². The Hall–Kier alpha value is -2.73. The Labute approximate surface area is 133 Å². The fraction of sp³-hybridized carbons (Fsp3) is 0.467. The maximum Gasteiger partial charge on any atom is 0.410 e. The van der Waals surface area contributed by atoms with E-state index in [1.807, 2.05) is 30.3 Å². The molecule has 0 spiro atoms. The maximum atomic E-state index is 12.3. The Morgan fingerprint density at radius 3 is 2.78 bits per heavy atom. The fourth-order valence-corrected chi connectivity index (χ4v) is 2.50. The Morgan fingerprint density at radius 1 is 1.39 bits per heavy atom. The van der Waals surface area contributed by atoms with Crippen LogP contribution in [0.3, 0.4) is 0 Å². The molecule has 1 saturated heterocycles. The number of carbonyl (C=O) groups is 2. The van der Waals surface area contributed by atoms with Crippen LogP contribution in [0.2, 0.25) is 0 Å². The third-order valence-electron chi connectivity index (χ3n) is 3.70. The highest BCUT2D eigenvalue weighted by Crippen LogP contribution is 2.22. The molecule has 8 heteroatoms. The molecule has 0 bridgehead atoms. The minimum atomic E-state index is -0.799. The van der Waals surface area contributed by atoms with Crippen LogP contribution in [0.4, 0.5) is 4.79 Å². The number of benzene rings is 1. The van der Waals surface area contributed by atoms with Crippen molar-refractivity contribution in [2.75, 3.05) is 13.7 Å². The number of amides is 1. The standard InChI is InChI=1S/C15H18N4O4/c1-22-14(20)13-9-12(17-18-16)7-8-19(13)15(21)23-10-11-5-3-2-4-6-11/h2-6,12-13H,7-10H2,1H3. The Balaban J connectivity index is 2.01. The Kier molecular flexibility index (Phi) is 5.82. The van der Waals surface area contributed by atoms with Crippen molar-refractivity contribution in [3.8, 4) is 0 Å². The monoisotopic (exact) mass is 318 g/mol. The normalized spacial score (nSPS) is 20.3. The SMILES string of the molecule is COC(=O)C1CC(N=[N+]=[N-])CCN1C(=O)OCc1ccccc1. The van der Waals surface area contributed by atoms with Gasteiger partial charge in [0, 0.05) is 17.5 Å². The molecule has 1 aliphatic rings. The zero-order chi connectivity index (χ0) is 16.7. The van der Waals surface area contributed by atoms with Gasteiger partial charge < -0.3 is 9.47 Å². The highest BCUT2D eigenvalue weighted by Gasteiger charge is 2.37. The van der Waals surface area contributed by atoms with Crippen molar-refractivity contribution >= 4 is 12.1 Å². The minimum Gasteiger partial charge on any atom is -0.467 e. The molecule has 1 amide bonds. The first-order valence-corrected chi connectivity index (χ1v) is 7.25. The fourth-order valence-electron chi connectivity index (χ4n) is 2.50. The first-order chi connectivity index (χ1) is 11.2. The van der Waals surface area contributed by atoms with Gasteiger partial charge in [0.2, 0.25) is 0 Å². The van der Waals surface area contributed by atoms with Gasteiger partial charge in [0.25, 0.3) is 0 Å². The lowest BCUT2D eigenvalue weighted by Gasteiger charge is -2.35. The van der Waals surface area contributed by atoms with Crippen molar-refractivity contribution in [3.05, 3.63) is 46.3 Å². The van der Waals surface area contributed by atoms with Crippen LogP contribution < -0.4 is 0 Å². The van der Waals surface area contributed by atoms with Crippen molar-refractivity contribution < 1.29 is 19.1 Å². The van der Waals surface area contributed by atoms with Crippen molar-refractivity contribution in [3.63, 3.8) is 0 Å². The Morgan fingerprint density at radius 2 is 2.13 bits per heavy atom. The van der Waals surface area contributed by atoms with E-state index < -0.39 is 18.1 Å². The second-order valence-electron chi connectivity index (χ2n) is 5.16. The summed E-state index contributed by atoms with van der Waals surface area (Å²) in [6.07, 6.45) is 0.137. The highest BCUT2D eigenvalue weighted by atomic mass is 16.6. The number of esters is 1. The van der Waals surface area contributed by atoms with Crippen LogP contribution in [-0.2, 0) is 20.9 Å². The summed E-state index contributed by atoms with van der Waals surface area (Å²) in [5.41, 5.74) is 9.38. The van der Waals surface area contributed by atoms with Crippen LogP contribution in [0.1, 0.15) is 18.4 Å². The molecule has 0 saturated carbocycles. The molecule has 0 aliphatic carbocycles. The van der Waals surface area contributed by atoms with Gasteiger partial charge in [0.15, 0.2) is 0 Å². The third-order valence-corrected chi connectivity index (χ3v) is 3.70. The maximum absolute atomic E-state index is 12.3. The summed E-state index contributed by atoms with van der Waals surface area (Å²) in [5, 5.41) is 3.63. The summed E-state index contributed by atoms with van der Waals surface area (Å²) in [6.45, 7) is 0.404. The van der Waals surface area contributed by atoms with E-state index in [1.165, 1.54) is 12.0 Å². The largest absolute Gasteiger partial charge is 0.467 e. The van der Waals surface area contributed by atoms with Crippen LogP contribution >= 0.6 is 0 Å². The summed E-state index contributed by atoms with van der Waals surface area (Å²) < 4.78 is 10.00. The second kappa shape index (κ2) is 8.05. The van der Waals surface area contributed by atoms with E-state index >= 15 is 0 Å². The predicted molar refractivity (Wildman–Crippen MR) is 81.3 cm³/mol. The lowest BCUT2D eigenvalue weighted by Crippen LogP contribution is -2.51. The molecular formula is C15H18N4O4. The van der Waals surface area contributed by atoms with Crippen LogP contribution in [-0.4, -0.2) is 42.7 Å². The van der Waals surface area contributed by atoms with Gasteiger partial charge in [0.05, 0.1) is 7.11 Å². The summed E-state index contributed by atoms with van der Waals surface area (Å²) in [5.74, 6) is -0.542.